The summed E-state index contributed by atoms with van der Waals surface area (Å²) in [5, 5.41) is 14.3. The van der Waals surface area contributed by atoms with Crippen molar-refractivity contribution in [1.29, 1.82) is 0 Å². The third kappa shape index (κ3) is 4.65. The molecule has 0 radical (unpaired) electrons. The summed E-state index contributed by atoms with van der Waals surface area (Å²) in [6.45, 7) is 4.12. The van der Waals surface area contributed by atoms with Crippen molar-refractivity contribution in [3.05, 3.63) is 34.1 Å². The van der Waals surface area contributed by atoms with E-state index in [0.717, 1.165) is 50.9 Å². The van der Waals surface area contributed by atoms with Crippen LogP contribution in [0.3, 0.4) is 0 Å². The molecule has 2 atom stereocenters. The molecule has 1 aliphatic heterocycles. The zero-order chi connectivity index (χ0) is 24.6. The van der Waals surface area contributed by atoms with Gasteiger partial charge in [0.1, 0.15) is 0 Å². The van der Waals surface area contributed by atoms with Gasteiger partial charge in [0.25, 0.3) is 11.6 Å². The van der Waals surface area contributed by atoms with Crippen molar-refractivity contribution in [3.8, 4) is 0 Å². The van der Waals surface area contributed by atoms with Crippen molar-refractivity contribution in [1.82, 2.24) is 20.2 Å². The number of likely N-dealkylation sites (tertiary alicyclic amines) is 1. The quantitative estimate of drug-likeness (QED) is 0.447. The van der Waals surface area contributed by atoms with Gasteiger partial charge in [0, 0.05) is 43.1 Å². The molecule has 0 bridgehead atoms. The smallest absolute Gasteiger partial charge is 0.289 e. The number of benzene rings is 1. The van der Waals surface area contributed by atoms with Crippen LogP contribution >= 0.6 is 0 Å². The van der Waals surface area contributed by atoms with Gasteiger partial charge in [-0.3, -0.25) is 19.7 Å². The molecule has 2 N–H and O–H groups in total. The van der Waals surface area contributed by atoms with Crippen LogP contribution in [0.1, 0.15) is 75.3 Å². The van der Waals surface area contributed by atoms with E-state index < -0.39 is 4.92 Å². The van der Waals surface area contributed by atoms with Gasteiger partial charge in [0.15, 0.2) is 5.82 Å². The van der Waals surface area contributed by atoms with Crippen molar-refractivity contribution in [3.63, 3.8) is 0 Å². The number of aromatic nitrogens is 2. The Bertz CT molecular complexity index is 1120. The van der Waals surface area contributed by atoms with Crippen molar-refractivity contribution in [2.75, 3.05) is 19.6 Å². The fourth-order valence-electron chi connectivity index (χ4n) is 6.75. The van der Waals surface area contributed by atoms with Gasteiger partial charge in [-0.2, -0.15) is 0 Å². The number of aromatic amines is 1. The van der Waals surface area contributed by atoms with E-state index in [0.29, 0.717) is 36.6 Å². The lowest BCUT2D eigenvalue weighted by Crippen LogP contribution is -2.43. The first-order chi connectivity index (χ1) is 16.9. The van der Waals surface area contributed by atoms with E-state index in [1.165, 1.54) is 25.0 Å². The number of carbonyl (C=O) groups is 2. The number of nitro benzene ring substituents is 1. The third-order valence-corrected chi connectivity index (χ3v) is 8.74. The van der Waals surface area contributed by atoms with Crippen LogP contribution in [0, 0.1) is 33.3 Å². The Hall–Kier alpha value is -2.97. The lowest BCUT2D eigenvalue weighted by molar-refractivity contribution is -0.384. The van der Waals surface area contributed by atoms with Gasteiger partial charge in [0.05, 0.1) is 16.0 Å². The number of nitrogens with one attached hydrogen (secondary N) is 2. The molecule has 5 rings (SSSR count). The highest BCUT2D eigenvalue weighted by Crippen LogP contribution is 2.48. The molecular weight excluding hydrogens is 446 g/mol. The molecule has 1 saturated heterocycles. The number of nitro groups is 1. The summed E-state index contributed by atoms with van der Waals surface area (Å²) in [6, 6.07) is 4.36. The summed E-state index contributed by atoms with van der Waals surface area (Å²) in [5.41, 5.74) is 0.908. The van der Waals surface area contributed by atoms with E-state index >= 15 is 0 Å². The molecule has 1 aromatic carbocycles. The standard InChI is InChI=1S/C26H35N5O4/c1-2-4-17-6-8-18(9-7-17)24(32)27-15-26-12-3-5-19(26)14-30(16-26)25(33)23-28-21-11-10-20(31(34)35)13-22(21)29-23/h10-11,13,17-19H,2-9,12,14-16H2,1H3,(H,27,32)(H,28,29)/t17?,18?,19-,26-/m0/s1. The summed E-state index contributed by atoms with van der Waals surface area (Å²) in [5.74, 6) is 1.49. The molecule has 3 fully saturated rings. The van der Waals surface area contributed by atoms with Gasteiger partial charge < -0.3 is 15.2 Å². The number of carbonyl (C=O) groups excluding carboxylic acids is 2. The average Bonchev–Trinajstić information content (AvgIpc) is 3.54. The number of hydrogen-bond acceptors (Lipinski definition) is 5. The highest BCUT2D eigenvalue weighted by atomic mass is 16.6. The Morgan fingerprint density at radius 1 is 1.26 bits per heavy atom. The number of fused-ring (bicyclic) bond motifs is 2. The van der Waals surface area contributed by atoms with Crippen molar-refractivity contribution >= 4 is 28.5 Å². The van der Waals surface area contributed by atoms with Crippen LogP contribution in [0.2, 0.25) is 0 Å². The molecular formula is C26H35N5O4. The Kier molecular flexibility index (Phi) is 6.51. The second kappa shape index (κ2) is 9.59. The van der Waals surface area contributed by atoms with Crippen molar-refractivity contribution in [2.45, 2.75) is 64.7 Å². The molecule has 3 aliphatic rings. The fraction of sp³-hybridized carbons (Fsp3) is 0.654. The maximum Gasteiger partial charge on any atom is 0.289 e. The fourth-order valence-corrected chi connectivity index (χ4v) is 6.75. The Morgan fingerprint density at radius 3 is 2.80 bits per heavy atom. The summed E-state index contributed by atoms with van der Waals surface area (Å²) in [7, 11) is 0. The molecule has 188 valence electrons. The second-order valence-electron chi connectivity index (χ2n) is 10.9. The molecule has 2 aliphatic carbocycles. The second-order valence-corrected chi connectivity index (χ2v) is 10.9. The van der Waals surface area contributed by atoms with E-state index in [4.69, 9.17) is 0 Å². The van der Waals surface area contributed by atoms with Crippen LogP contribution in [0.4, 0.5) is 5.69 Å². The normalized spacial score (nSPS) is 28.3. The SMILES string of the molecule is CCCC1CCC(C(=O)NC[C@]23CCC[C@H]2CN(C(=O)c2nc4ccc([N+](=O)[O-])cc4[nH]2)C3)CC1. The zero-order valence-corrected chi connectivity index (χ0v) is 20.4. The lowest BCUT2D eigenvalue weighted by Gasteiger charge is -2.32. The first-order valence-corrected chi connectivity index (χ1v) is 13.1. The monoisotopic (exact) mass is 481 g/mol. The molecule has 2 amide bonds. The number of rotatable bonds is 7. The maximum atomic E-state index is 13.3. The molecule has 9 nitrogen and oxygen atoms in total. The first kappa shape index (κ1) is 23.8. The molecule has 0 spiro atoms. The summed E-state index contributed by atoms with van der Waals surface area (Å²) < 4.78 is 0. The van der Waals surface area contributed by atoms with Gasteiger partial charge in [-0.15, -0.1) is 0 Å². The minimum absolute atomic E-state index is 0.0376. The van der Waals surface area contributed by atoms with Crippen LogP contribution in [-0.4, -0.2) is 51.2 Å². The number of non-ortho nitro benzene ring substituents is 1. The van der Waals surface area contributed by atoms with Crippen LogP contribution in [0.5, 0.6) is 0 Å². The van der Waals surface area contributed by atoms with Gasteiger partial charge in [-0.05, 0) is 56.4 Å². The van der Waals surface area contributed by atoms with Crippen molar-refractivity contribution in [2.24, 2.45) is 23.2 Å². The van der Waals surface area contributed by atoms with Crippen LogP contribution < -0.4 is 5.32 Å². The van der Waals surface area contributed by atoms with E-state index in [1.807, 2.05) is 4.90 Å². The average molecular weight is 482 g/mol. The van der Waals surface area contributed by atoms with Crippen LogP contribution in [0.25, 0.3) is 11.0 Å². The zero-order valence-electron chi connectivity index (χ0n) is 20.4. The molecule has 2 saturated carbocycles. The minimum Gasteiger partial charge on any atom is -0.355 e. The summed E-state index contributed by atoms with van der Waals surface area (Å²) in [6.07, 6.45) is 9.97. The Morgan fingerprint density at radius 2 is 2.06 bits per heavy atom. The molecule has 2 heterocycles. The van der Waals surface area contributed by atoms with E-state index in [2.05, 4.69) is 22.2 Å². The first-order valence-electron chi connectivity index (χ1n) is 13.1. The molecule has 9 heteroatoms. The number of amides is 2. The highest BCUT2D eigenvalue weighted by molar-refractivity contribution is 5.94. The predicted octanol–water partition coefficient (Wildman–Crippen LogP) is 4.44. The number of hydrogen-bond donors (Lipinski definition) is 2. The maximum absolute atomic E-state index is 13.3. The third-order valence-electron chi connectivity index (χ3n) is 8.74. The molecule has 2 aromatic rings. The van der Waals surface area contributed by atoms with Gasteiger partial charge >= 0.3 is 0 Å². The van der Waals surface area contributed by atoms with E-state index in [1.54, 1.807) is 6.07 Å². The minimum atomic E-state index is -0.460. The number of H-pyrrole nitrogens is 1. The van der Waals surface area contributed by atoms with Gasteiger partial charge in [-0.1, -0.05) is 26.2 Å². The van der Waals surface area contributed by atoms with Crippen molar-refractivity contribution < 1.29 is 14.5 Å². The van der Waals surface area contributed by atoms with Crippen LogP contribution in [0.15, 0.2) is 18.2 Å². The Balaban J connectivity index is 1.22. The summed E-state index contributed by atoms with van der Waals surface area (Å²) >= 11 is 0. The van der Waals surface area contributed by atoms with E-state index in [9.17, 15) is 19.7 Å². The Labute approximate surface area is 205 Å². The lowest BCUT2D eigenvalue weighted by atomic mass is 9.78. The largest absolute Gasteiger partial charge is 0.355 e. The number of imidazole rings is 1. The highest BCUT2D eigenvalue weighted by Gasteiger charge is 2.51. The van der Waals surface area contributed by atoms with Gasteiger partial charge in [-0.25, -0.2) is 4.98 Å². The summed E-state index contributed by atoms with van der Waals surface area (Å²) in [4.78, 5) is 46.1. The molecule has 35 heavy (non-hydrogen) atoms. The molecule has 1 aromatic heterocycles. The number of nitrogens with zero attached hydrogens (tertiary/aromatic N) is 3. The van der Waals surface area contributed by atoms with Gasteiger partial charge in [0.2, 0.25) is 5.91 Å². The topological polar surface area (TPSA) is 121 Å². The van der Waals surface area contributed by atoms with E-state index in [-0.39, 0.29) is 34.7 Å². The predicted molar refractivity (Wildman–Crippen MR) is 132 cm³/mol. The van der Waals surface area contributed by atoms with Crippen LogP contribution in [-0.2, 0) is 4.79 Å². The molecule has 0 unspecified atom stereocenters.